The van der Waals surface area contributed by atoms with E-state index in [0.717, 1.165) is 12.3 Å². The Hall–Kier alpha value is -1.90. The molecule has 0 amide bonds. The van der Waals surface area contributed by atoms with Gasteiger partial charge in [-0.15, -0.1) is 0 Å². The van der Waals surface area contributed by atoms with Gasteiger partial charge in [-0.3, -0.25) is 0 Å². The van der Waals surface area contributed by atoms with Gasteiger partial charge in [-0.2, -0.15) is 10.1 Å². The monoisotopic (exact) mass is 302 g/mol. The fourth-order valence-corrected chi connectivity index (χ4v) is 2.21. The van der Waals surface area contributed by atoms with Crippen LogP contribution in [0.25, 0.3) is 5.82 Å². The highest BCUT2D eigenvalue weighted by Gasteiger charge is 2.20. The third-order valence-electron chi connectivity index (χ3n) is 2.49. The molecule has 0 saturated carbocycles. The van der Waals surface area contributed by atoms with E-state index < -0.39 is 27.1 Å². The van der Waals surface area contributed by atoms with Crippen LogP contribution in [0.4, 0.5) is 8.78 Å². The van der Waals surface area contributed by atoms with Crippen molar-refractivity contribution in [2.24, 2.45) is 0 Å². The Morgan fingerprint density at radius 2 is 1.85 bits per heavy atom. The Bertz CT molecular complexity index is 756. The number of hydrogen-bond donors (Lipinski definition) is 0. The molecule has 0 saturated heterocycles. The summed E-state index contributed by atoms with van der Waals surface area (Å²) < 4.78 is 49.9. The second kappa shape index (κ2) is 4.89. The summed E-state index contributed by atoms with van der Waals surface area (Å²) in [7, 11) is -3.79. The van der Waals surface area contributed by atoms with Crippen molar-refractivity contribution in [2.75, 3.05) is 6.26 Å². The van der Waals surface area contributed by atoms with Crippen LogP contribution in [-0.2, 0) is 9.84 Å². The number of aryl methyl sites for hydroxylation is 2. The van der Waals surface area contributed by atoms with Gasteiger partial charge in [-0.1, -0.05) is 0 Å². The zero-order valence-electron chi connectivity index (χ0n) is 11.0. The zero-order valence-corrected chi connectivity index (χ0v) is 11.8. The maximum Gasteiger partial charge on any atom is 0.280 e. The number of aromatic nitrogens is 4. The van der Waals surface area contributed by atoms with Crippen LogP contribution in [0.1, 0.15) is 23.5 Å². The zero-order chi connectivity index (χ0) is 15.1. The standard InChI is InChI=1S/C11H12F2N4O2S/c1-6-4-7(2)17(16-6)9-5-8(10(12)13)14-11(15-9)20(3,18)19/h4-5,10H,1-3H3. The van der Waals surface area contributed by atoms with Crippen molar-refractivity contribution in [3.05, 3.63) is 29.2 Å². The van der Waals surface area contributed by atoms with Crippen LogP contribution in [0.5, 0.6) is 0 Å². The lowest BCUT2D eigenvalue weighted by Gasteiger charge is -2.08. The lowest BCUT2D eigenvalue weighted by atomic mass is 10.4. The Balaban J connectivity index is 2.70. The number of hydrogen-bond acceptors (Lipinski definition) is 5. The molecule has 108 valence electrons. The Labute approximate surface area is 114 Å². The van der Waals surface area contributed by atoms with E-state index in [4.69, 9.17) is 0 Å². The maximum absolute atomic E-state index is 12.8. The molecule has 9 heteroatoms. The summed E-state index contributed by atoms with van der Waals surface area (Å²) in [6.07, 6.45) is -2.03. The molecule has 0 aromatic carbocycles. The summed E-state index contributed by atoms with van der Waals surface area (Å²) >= 11 is 0. The normalized spacial score (nSPS) is 12.1. The fraction of sp³-hybridized carbons (Fsp3) is 0.364. The second-order valence-corrected chi connectivity index (χ2v) is 6.25. The first-order chi connectivity index (χ1) is 9.18. The van der Waals surface area contributed by atoms with E-state index in [9.17, 15) is 17.2 Å². The summed E-state index contributed by atoms with van der Waals surface area (Å²) in [5, 5.41) is 3.45. The first kappa shape index (κ1) is 14.5. The third-order valence-corrected chi connectivity index (χ3v) is 3.34. The molecule has 2 aromatic heterocycles. The molecule has 0 aliphatic carbocycles. The van der Waals surface area contributed by atoms with Crippen molar-refractivity contribution in [1.29, 1.82) is 0 Å². The largest absolute Gasteiger partial charge is 0.280 e. The van der Waals surface area contributed by atoms with Gasteiger partial charge in [-0.05, 0) is 19.9 Å². The Kier molecular flexibility index (Phi) is 3.55. The Morgan fingerprint density at radius 3 is 2.30 bits per heavy atom. The third kappa shape index (κ3) is 2.82. The summed E-state index contributed by atoms with van der Waals surface area (Å²) in [6.45, 7) is 3.44. The van der Waals surface area contributed by atoms with E-state index in [1.54, 1.807) is 19.9 Å². The molecule has 0 aliphatic rings. The van der Waals surface area contributed by atoms with Crippen molar-refractivity contribution in [2.45, 2.75) is 25.4 Å². The van der Waals surface area contributed by atoms with Crippen molar-refractivity contribution >= 4 is 9.84 Å². The van der Waals surface area contributed by atoms with Crippen molar-refractivity contribution in [3.8, 4) is 5.82 Å². The molecule has 0 unspecified atom stereocenters. The minimum absolute atomic E-state index is 0.00123. The summed E-state index contributed by atoms with van der Waals surface area (Å²) in [4.78, 5) is 7.18. The van der Waals surface area contributed by atoms with Gasteiger partial charge < -0.3 is 0 Å². The lowest BCUT2D eigenvalue weighted by molar-refractivity contribution is 0.145. The smallest absolute Gasteiger partial charge is 0.221 e. The average molecular weight is 302 g/mol. The molecule has 2 heterocycles. The first-order valence-electron chi connectivity index (χ1n) is 5.59. The van der Waals surface area contributed by atoms with E-state index in [-0.39, 0.29) is 5.82 Å². The van der Waals surface area contributed by atoms with Crippen LogP contribution in [-0.4, -0.2) is 34.4 Å². The van der Waals surface area contributed by atoms with Crippen LogP contribution < -0.4 is 0 Å². The summed E-state index contributed by atoms with van der Waals surface area (Å²) in [5.41, 5.74) is 0.671. The predicted octanol–water partition coefficient (Wildman–Crippen LogP) is 1.62. The van der Waals surface area contributed by atoms with E-state index >= 15 is 0 Å². The van der Waals surface area contributed by atoms with Crippen LogP contribution in [0, 0.1) is 13.8 Å². The molecule has 20 heavy (non-hydrogen) atoms. The van der Waals surface area contributed by atoms with Gasteiger partial charge in [0.05, 0.1) is 5.69 Å². The minimum Gasteiger partial charge on any atom is -0.221 e. The minimum atomic E-state index is -3.79. The molecule has 0 atom stereocenters. The number of alkyl halides is 2. The van der Waals surface area contributed by atoms with Gasteiger partial charge in [0.1, 0.15) is 5.69 Å². The summed E-state index contributed by atoms with van der Waals surface area (Å²) in [5.74, 6) is 0.00123. The van der Waals surface area contributed by atoms with Crippen molar-refractivity contribution in [3.63, 3.8) is 0 Å². The van der Waals surface area contributed by atoms with Gasteiger partial charge in [0.25, 0.3) is 6.43 Å². The van der Waals surface area contributed by atoms with Crippen molar-refractivity contribution in [1.82, 2.24) is 19.7 Å². The number of sulfone groups is 1. The number of halogens is 2. The molecular formula is C11H12F2N4O2S. The van der Waals surface area contributed by atoms with Crippen LogP contribution in [0.15, 0.2) is 17.3 Å². The quantitative estimate of drug-likeness (QED) is 0.805. The molecule has 0 fully saturated rings. The van der Waals surface area contributed by atoms with Gasteiger partial charge in [0.2, 0.25) is 15.0 Å². The molecular weight excluding hydrogens is 290 g/mol. The lowest BCUT2D eigenvalue weighted by Crippen LogP contribution is -2.11. The SMILES string of the molecule is Cc1cc(C)n(-c2cc(C(F)F)nc(S(C)(=O)=O)n2)n1. The molecule has 6 nitrogen and oxygen atoms in total. The molecule has 0 N–H and O–H groups in total. The maximum atomic E-state index is 12.8. The molecule has 0 bridgehead atoms. The first-order valence-corrected chi connectivity index (χ1v) is 7.48. The van der Waals surface area contributed by atoms with Crippen molar-refractivity contribution < 1.29 is 17.2 Å². The van der Waals surface area contributed by atoms with Crippen LogP contribution in [0.3, 0.4) is 0 Å². The van der Waals surface area contributed by atoms with E-state index in [0.29, 0.717) is 11.4 Å². The Morgan fingerprint density at radius 1 is 1.20 bits per heavy atom. The molecule has 2 rings (SSSR count). The van der Waals surface area contributed by atoms with Gasteiger partial charge >= 0.3 is 0 Å². The molecule has 0 aliphatic heterocycles. The van der Waals surface area contributed by atoms with E-state index in [1.165, 1.54) is 4.68 Å². The second-order valence-electron chi connectivity index (χ2n) is 4.35. The molecule has 0 radical (unpaired) electrons. The highest BCUT2D eigenvalue weighted by molar-refractivity contribution is 7.90. The highest BCUT2D eigenvalue weighted by atomic mass is 32.2. The average Bonchev–Trinajstić information content (AvgIpc) is 2.66. The predicted molar refractivity (Wildman–Crippen MR) is 66.7 cm³/mol. The van der Waals surface area contributed by atoms with Crippen LogP contribution >= 0.6 is 0 Å². The van der Waals surface area contributed by atoms with Gasteiger partial charge in [0, 0.05) is 18.0 Å². The van der Waals surface area contributed by atoms with Gasteiger partial charge in [0.15, 0.2) is 5.82 Å². The topological polar surface area (TPSA) is 77.7 Å². The highest BCUT2D eigenvalue weighted by Crippen LogP contribution is 2.21. The fourth-order valence-electron chi connectivity index (χ4n) is 1.68. The van der Waals surface area contributed by atoms with Crippen LogP contribution in [0.2, 0.25) is 0 Å². The number of nitrogens with zero attached hydrogens (tertiary/aromatic N) is 4. The summed E-state index contributed by atoms with van der Waals surface area (Å²) in [6, 6.07) is 2.75. The molecule has 0 spiro atoms. The van der Waals surface area contributed by atoms with Gasteiger partial charge in [-0.25, -0.2) is 26.9 Å². The molecule has 2 aromatic rings. The number of rotatable bonds is 3. The van der Waals surface area contributed by atoms with E-state index in [2.05, 4.69) is 15.1 Å². The van der Waals surface area contributed by atoms with E-state index in [1.807, 2.05) is 0 Å².